The van der Waals surface area contributed by atoms with Crippen molar-refractivity contribution in [2.24, 2.45) is 23.7 Å². The molecule has 55 heavy (non-hydrogen) atoms. The average Bonchev–Trinajstić information content (AvgIpc) is 3.67. The van der Waals surface area contributed by atoms with Gasteiger partial charge in [0.25, 0.3) is 0 Å². The number of rotatable bonds is 5. The maximum atomic E-state index is 6.16. The number of nitrogens with zero attached hydrogens (tertiary/aromatic N) is 1. The average molecular weight is 710 g/mol. The minimum Gasteiger partial charge on any atom is -0.456 e. The zero-order valence-electron chi connectivity index (χ0n) is 31.0. The Balaban J connectivity index is 1.02. The first-order valence-electron chi connectivity index (χ1n) is 20.4. The van der Waals surface area contributed by atoms with Crippen LogP contribution in [0, 0.1) is 23.7 Å². The molecule has 8 aromatic rings. The van der Waals surface area contributed by atoms with E-state index in [1.165, 1.54) is 83.3 Å². The van der Waals surface area contributed by atoms with Crippen LogP contribution >= 0.6 is 0 Å². The van der Waals surface area contributed by atoms with Crippen LogP contribution in [0.5, 0.6) is 0 Å². The highest BCUT2D eigenvalue weighted by Crippen LogP contribution is 2.68. The fraction of sp³-hybridized carbons (Fsp3) is 0.208. The Morgan fingerprint density at radius 3 is 2.04 bits per heavy atom. The summed E-state index contributed by atoms with van der Waals surface area (Å²) in [6.07, 6.45) is 8.46. The van der Waals surface area contributed by atoms with Crippen molar-refractivity contribution in [3.63, 3.8) is 0 Å². The minimum atomic E-state index is 0.145. The van der Waals surface area contributed by atoms with Gasteiger partial charge < -0.3 is 9.32 Å². The fourth-order valence-electron chi connectivity index (χ4n) is 12.1. The van der Waals surface area contributed by atoms with E-state index in [9.17, 15) is 0 Å². The number of hydrogen-bond donors (Lipinski definition) is 0. The molecule has 1 spiro atoms. The molecule has 5 unspecified atom stereocenters. The molecule has 4 saturated carbocycles. The van der Waals surface area contributed by atoms with Crippen LogP contribution in [0.3, 0.4) is 0 Å². The highest BCUT2D eigenvalue weighted by atomic mass is 16.3. The summed E-state index contributed by atoms with van der Waals surface area (Å²) in [6.45, 7) is 0. The van der Waals surface area contributed by atoms with E-state index >= 15 is 0 Å². The quantitative estimate of drug-likeness (QED) is 0.177. The topological polar surface area (TPSA) is 16.4 Å². The van der Waals surface area contributed by atoms with Crippen LogP contribution in [0.4, 0.5) is 17.1 Å². The van der Waals surface area contributed by atoms with Gasteiger partial charge in [-0.05, 0) is 143 Å². The molecule has 5 aliphatic rings. The van der Waals surface area contributed by atoms with Crippen molar-refractivity contribution < 1.29 is 4.42 Å². The molecule has 266 valence electrons. The highest BCUT2D eigenvalue weighted by molar-refractivity contribution is 6.06. The normalized spacial score (nSPS) is 23.3. The Labute approximate surface area is 323 Å². The summed E-state index contributed by atoms with van der Waals surface area (Å²) in [5.74, 6) is 3.31. The third-order valence-corrected chi connectivity index (χ3v) is 14.2. The molecule has 0 saturated heterocycles. The predicted octanol–water partition coefficient (Wildman–Crippen LogP) is 14.5. The standard InChI is InChI=1S/C53H43NO/c1-2-10-37(11-3-1)43-12-5-8-16-50(43)54(41-23-19-36(20-24-41)38-21-27-52-47(32-38)45-14-6-9-17-51(45)55-52)42-25-26-49-46(33-42)44-13-4-7-15-48(44)53(49)39-22-18-34-28-35(30-39)31-40(53)29-34/h1-17,19-21,23-27,32-35,39-40H,18,22,28-31H2. The summed E-state index contributed by atoms with van der Waals surface area (Å²) in [5.41, 5.74) is 16.5. The lowest BCUT2D eigenvalue weighted by Gasteiger charge is -2.53. The lowest BCUT2D eigenvalue weighted by molar-refractivity contribution is 0.0618. The van der Waals surface area contributed by atoms with Crippen LogP contribution in [-0.4, -0.2) is 0 Å². The molecular weight excluding hydrogens is 667 g/mol. The summed E-state index contributed by atoms with van der Waals surface area (Å²) in [7, 11) is 0. The predicted molar refractivity (Wildman–Crippen MR) is 227 cm³/mol. The van der Waals surface area contributed by atoms with Crippen molar-refractivity contribution in [2.45, 2.75) is 43.9 Å². The van der Waals surface area contributed by atoms with Crippen LogP contribution in [0.25, 0.3) is 55.3 Å². The third-order valence-electron chi connectivity index (χ3n) is 14.2. The van der Waals surface area contributed by atoms with E-state index in [1.54, 1.807) is 11.1 Å². The molecule has 2 heteroatoms. The molecule has 1 aromatic heterocycles. The number of fused-ring (bicyclic) bond motifs is 7. The van der Waals surface area contributed by atoms with Gasteiger partial charge in [0, 0.05) is 33.1 Å². The van der Waals surface area contributed by atoms with E-state index in [0.29, 0.717) is 0 Å². The first-order chi connectivity index (χ1) is 27.2. The van der Waals surface area contributed by atoms with Crippen molar-refractivity contribution in [3.8, 4) is 33.4 Å². The van der Waals surface area contributed by atoms with Crippen molar-refractivity contribution in [2.75, 3.05) is 4.90 Å². The van der Waals surface area contributed by atoms with Gasteiger partial charge in [-0.2, -0.15) is 0 Å². The van der Waals surface area contributed by atoms with E-state index in [1.807, 2.05) is 12.1 Å². The highest BCUT2D eigenvalue weighted by Gasteiger charge is 2.59. The fourth-order valence-corrected chi connectivity index (χ4v) is 12.1. The van der Waals surface area contributed by atoms with E-state index in [0.717, 1.165) is 51.3 Å². The SMILES string of the molecule is c1ccc(-c2ccccc2N(c2ccc(-c3ccc4oc5ccccc5c4c3)cc2)c2ccc3c(c2)-c2ccccc2C32C3CCC4CC(C3)CC2C4)cc1. The summed E-state index contributed by atoms with van der Waals surface area (Å²) >= 11 is 0. The monoisotopic (exact) mass is 709 g/mol. The Morgan fingerprint density at radius 1 is 0.436 bits per heavy atom. The summed E-state index contributed by atoms with van der Waals surface area (Å²) in [4.78, 5) is 2.50. The molecule has 4 bridgehead atoms. The van der Waals surface area contributed by atoms with Crippen molar-refractivity contribution in [1.82, 2.24) is 0 Å². The lowest BCUT2D eigenvalue weighted by atomic mass is 9.51. The van der Waals surface area contributed by atoms with Crippen LogP contribution < -0.4 is 4.90 Å². The summed E-state index contributed by atoms with van der Waals surface area (Å²) < 4.78 is 6.16. The summed E-state index contributed by atoms with van der Waals surface area (Å²) in [5, 5.41) is 2.31. The zero-order valence-corrected chi connectivity index (χ0v) is 31.0. The van der Waals surface area contributed by atoms with Crippen molar-refractivity contribution in [1.29, 1.82) is 0 Å². The van der Waals surface area contributed by atoms with Gasteiger partial charge in [0.05, 0.1) is 5.69 Å². The molecule has 5 aliphatic carbocycles. The van der Waals surface area contributed by atoms with Gasteiger partial charge in [0.15, 0.2) is 0 Å². The maximum absolute atomic E-state index is 6.16. The second kappa shape index (κ2) is 12.1. The molecule has 1 heterocycles. The van der Waals surface area contributed by atoms with Crippen molar-refractivity contribution >= 4 is 39.0 Å². The molecular formula is C53H43NO. The van der Waals surface area contributed by atoms with E-state index in [2.05, 4.69) is 157 Å². The molecule has 5 atom stereocenters. The van der Waals surface area contributed by atoms with Crippen LogP contribution in [-0.2, 0) is 5.41 Å². The first-order valence-corrected chi connectivity index (χ1v) is 20.4. The molecule has 0 radical (unpaired) electrons. The molecule has 0 aliphatic heterocycles. The molecule has 13 rings (SSSR count). The molecule has 2 nitrogen and oxygen atoms in total. The lowest BCUT2D eigenvalue weighted by Crippen LogP contribution is -2.48. The minimum absolute atomic E-state index is 0.145. The number of anilines is 3. The number of para-hydroxylation sites is 2. The van der Waals surface area contributed by atoms with Crippen LogP contribution in [0.1, 0.15) is 49.7 Å². The largest absolute Gasteiger partial charge is 0.456 e. The van der Waals surface area contributed by atoms with E-state index < -0.39 is 0 Å². The number of furan rings is 1. The van der Waals surface area contributed by atoms with Gasteiger partial charge in [-0.3, -0.25) is 0 Å². The van der Waals surface area contributed by atoms with E-state index in [4.69, 9.17) is 4.42 Å². The van der Waals surface area contributed by atoms with Gasteiger partial charge in [0.2, 0.25) is 0 Å². The molecule has 7 aromatic carbocycles. The van der Waals surface area contributed by atoms with Crippen molar-refractivity contribution in [3.05, 3.63) is 175 Å². The zero-order chi connectivity index (χ0) is 36.1. The smallest absolute Gasteiger partial charge is 0.135 e. The van der Waals surface area contributed by atoms with Crippen LogP contribution in [0.15, 0.2) is 168 Å². The molecule has 0 N–H and O–H groups in total. The second-order valence-electron chi connectivity index (χ2n) is 16.9. The Morgan fingerprint density at radius 2 is 1.13 bits per heavy atom. The Hall–Kier alpha value is -5.86. The second-order valence-corrected chi connectivity index (χ2v) is 16.9. The molecule has 0 amide bonds. The summed E-state index contributed by atoms with van der Waals surface area (Å²) in [6, 6.07) is 60.9. The van der Waals surface area contributed by atoms with Gasteiger partial charge in [-0.15, -0.1) is 0 Å². The third kappa shape index (κ3) is 4.67. The number of benzene rings is 7. The first kappa shape index (κ1) is 31.5. The molecule has 4 fully saturated rings. The Bertz CT molecular complexity index is 2750. The Kier molecular flexibility index (Phi) is 6.91. The van der Waals surface area contributed by atoms with Gasteiger partial charge in [-0.1, -0.05) is 122 Å². The van der Waals surface area contributed by atoms with Gasteiger partial charge in [0.1, 0.15) is 11.2 Å². The maximum Gasteiger partial charge on any atom is 0.135 e. The van der Waals surface area contributed by atoms with Gasteiger partial charge >= 0.3 is 0 Å². The van der Waals surface area contributed by atoms with Crippen LogP contribution in [0.2, 0.25) is 0 Å². The van der Waals surface area contributed by atoms with E-state index in [-0.39, 0.29) is 5.41 Å². The number of hydrogen-bond acceptors (Lipinski definition) is 2. The van der Waals surface area contributed by atoms with Gasteiger partial charge in [-0.25, -0.2) is 0 Å².